The molecular weight excluding hydrogens is 660 g/mol. The van der Waals surface area contributed by atoms with Crippen LogP contribution in [0.15, 0.2) is 75.7 Å². The maximum atomic E-state index is 13.6. The third-order valence-corrected chi connectivity index (χ3v) is 9.42. The van der Waals surface area contributed by atoms with Crippen molar-refractivity contribution >= 4 is 59.2 Å². The van der Waals surface area contributed by atoms with Crippen LogP contribution in [0.1, 0.15) is 34.8 Å². The normalized spacial score (nSPS) is 15.9. The minimum absolute atomic E-state index is 0.0925. The highest BCUT2D eigenvalue weighted by Gasteiger charge is 2.30. The Kier molecular flexibility index (Phi) is 10.6. The Labute approximate surface area is 252 Å². The Bertz CT molecular complexity index is 1400. The zero-order chi connectivity index (χ0) is 28.7. The standard InChI is InChI=1S/C29H34Br2N4O4S/c1-2-33-25-14-22(15-26(17-25)35-9-6-10-40(35,38)39)29(37)34-27(13-20-7-4-3-5-8-20)28(36)19-32-18-21-11-23(30)16-24(31)12-21/h3-5,7-8,11-12,14-17,27-28,32-33,36H,2,6,9-10,13,18-19H2,1H3,(H,34,37)/t27-,28+/m0/s1. The van der Waals surface area contributed by atoms with E-state index >= 15 is 0 Å². The van der Waals surface area contributed by atoms with E-state index in [1.165, 1.54) is 4.31 Å². The Morgan fingerprint density at radius 3 is 2.40 bits per heavy atom. The maximum Gasteiger partial charge on any atom is 0.251 e. The van der Waals surface area contributed by atoms with E-state index in [4.69, 9.17) is 0 Å². The number of rotatable bonds is 12. The lowest BCUT2D eigenvalue weighted by Gasteiger charge is -2.26. The van der Waals surface area contributed by atoms with E-state index in [-0.39, 0.29) is 18.2 Å². The molecule has 0 aliphatic carbocycles. The van der Waals surface area contributed by atoms with Gasteiger partial charge in [-0.3, -0.25) is 9.10 Å². The zero-order valence-electron chi connectivity index (χ0n) is 22.2. The molecule has 0 spiro atoms. The smallest absolute Gasteiger partial charge is 0.251 e. The molecule has 1 saturated heterocycles. The molecule has 1 aliphatic rings. The number of amides is 1. The molecule has 2 atom stereocenters. The summed E-state index contributed by atoms with van der Waals surface area (Å²) in [4.78, 5) is 13.6. The predicted molar refractivity (Wildman–Crippen MR) is 167 cm³/mol. The van der Waals surface area contributed by atoms with Crippen LogP contribution < -0.4 is 20.3 Å². The maximum absolute atomic E-state index is 13.6. The number of carbonyl (C=O) groups is 1. The van der Waals surface area contributed by atoms with Crippen LogP contribution in [0.25, 0.3) is 0 Å². The van der Waals surface area contributed by atoms with Gasteiger partial charge in [0.05, 0.1) is 23.6 Å². The molecule has 0 saturated carbocycles. The number of aliphatic hydroxyl groups excluding tert-OH is 1. The lowest BCUT2D eigenvalue weighted by atomic mass is 10.00. The summed E-state index contributed by atoms with van der Waals surface area (Å²) in [6.45, 7) is 3.74. The summed E-state index contributed by atoms with van der Waals surface area (Å²) in [5, 5.41) is 20.7. The highest BCUT2D eigenvalue weighted by molar-refractivity contribution is 9.11. The molecular formula is C29H34Br2N4O4S. The van der Waals surface area contributed by atoms with Crippen LogP contribution >= 0.6 is 31.9 Å². The summed E-state index contributed by atoms with van der Waals surface area (Å²) in [5.41, 5.74) is 3.47. The van der Waals surface area contributed by atoms with Crippen molar-refractivity contribution < 1.29 is 18.3 Å². The number of hydrogen-bond donors (Lipinski definition) is 4. The van der Waals surface area contributed by atoms with Gasteiger partial charge in [-0.25, -0.2) is 8.42 Å². The molecule has 214 valence electrons. The summed E-state index contributed by atoms with van der Waals surface area (Å²) in [5.74, 6) is -0.289. The average molecular weight is 694 g/mol. The minimum Gasteiger partial charge on any atom is -0.390 e. The molecule has 1 aliphatic heterocycles. The van der Waals surface area contributed by atoms with Crippen LogP contribution in [0.4, 0.5) is 11.4 Å². The highest BCUT2D eigenvalue weighted by atomic mass is 79.9. The fraction of sp³-hybridized carbons (Fsp3) is 0.345. The fourth-order valence-electron chi connectivity index (χ4n) is 4.74. The van der Waals surface area contributed by atoms with E-state index in [9.17, 15) is 18.3 Å². The molecule has 1 heterocycles. The second-order valence-corrected chi connectivity index (χ2v) is 13.6. The third-order valence-electron chi connectivity index (χ3n) is 6.63. The molecule has 1 amide bonds. The first kappa shape index (κ1) is 30.5. The van der Waals surface area contributed by atoms with Crippen LogP contribution in [0.2, 0.25) is 0 Å². The van der Waals surface area contributed by atoms with Gasteiger partial charge in [-0.1, -0.05) is 62.2 Å². The number of aliphatic hydroxyl groups is 1. The number of anilines is 2. The average Bonchev–Trinajstić information content (AvgIpc) is 3.27. The van der Waals surface area contributed by atoms with Crippen molar-refractivity contribution in [3.05, 3.63) is 92.4 Å². The first-order valence-corrected chi connectivity index (χ1v) is 16.4. The quantitative estimate of drug-likeness (QED) is 0.220. The first-order chi connectivity index (χ1) is 19.1. The second-order valence-electron chi connectivity index (χ2n) is 9.79. The molecule has 0 radical (unpaired) electrons. The number of nitrogens with one attached hydrogen (secondary N) is 3. The number of sulfonamides is 1. The summed E-state index contributed by atoms with van der Waals surface area (Å²) in [6.07, 6.45) is 0.0953. The number of nitrogens with zero attached hydrogens (tertiary/aromatic N) is 1. The summed E-state index contributed by atoms with van der Waals surface area (Å²) in [7, 11) is -3.41. The van der Waals surface area contributed by atoms with Gasteiger partial charge in [-0.2, -0.15) is 0 Å². The van der Waals surface area contributed by atoms with Gasteiger partial charge in [0.1, 0.15) is 0 Å². The van der Waals surface area contributed by atoms with Gasteiger partial charge < -0.3 is 21.1 Å². The van der Waals surface area contributed by atoms with E-state index in [0.29, 0.717) is 49.4 Å². The summed E-state index contributed by atoms with van der Waals surface area (Å²) in [6, 6.07) is 20.1. The topological polar surface area (TPSA) is 111 Å². The SMILES string of the molecule is CCNc1cc(C(=O)N[C@@H](Cc2ccccc2)[C@H](O)CNCc2cc(Br)cc(Br)c2)cc(N2CCCS2(=O)=O)c1. The molecule has 0 unspecified atom stereocenters. The molecule has 40 heavy (non-hydrogen) atoms. The van der Waals surface area contributed by atoms with Crippen molar-refractivity contribution in [3.63, 3.8) is 0 Å². The van der Waals surface area contributed by atoms with Crippen molar-refractivity contribution in [3.8, 4) is 0 Å². The molecule has 4 rings (SSSR count). The van der Waals surface area contributed by atoms with Crippen LogP contribution in [0.3, 0.4) is 0 Å². The Balaban J connectivity index is 1.53. The lowest BCUT2D eigenvalue weighted by molar-refractivity contribution is 0.0830. The summed E-state index contributed by atoms with van der Waals surface area (Å²) < 4.78 is 28.4. The van der Waals surface area contributed by atoms with E-state index in [1.807, 2.05) is 55.5 Å². The van der Waals surface area contributed by atoms with Crippen molar-refractivity contribution in [1.29, 1.82) is 0 Å². The monoisotopic (exact) mass is 692 g/mol. The van der Waals surface area contributed by atoms with Gasteiger partial charge >= 0.3 is 0 Å². The molecule has 1 fully saturated rings. The van der Waals surface area contributed by atoms with E-state index in [1.54, 1.807) is 18.2 Å². The van der Waals surface area contributed by atoms with Crippen LogP contribution in [-0.4, -0.2) is 57.0 Å². The lowest BCUT2D eigenvalue weighted by Crippen LogP contribution is -2.48. The predicted octanol–water partition coefficient (Wildman–Crippen LogP) is 4.68. The molecule has 8 nitrogen and oxygen atoms in total. The van der Waals surface area contributed by atoms with Crippen LogP contribution in [0.5, 0.6) is 0 Å². The minimum atomic E-state index is -3.41. The van der Waals surface area contributed by atoms with E-state index < -0.39 is 22.2 Å². The third kappa shape index (κ3) is 8.29. The van der Waals surface area contributed by atoms with Crippen molar-refractivity contribution in [2.75, 3.05) is 35.0 Å². The largest absolute Gasteiger partial charge is 0.390 e. The Morgan fingerprint density at radius 1 is 1.02 bits per heavy atom. The summed E-state index contributed by atoms with van der Waals surface area (Å²) >= 11 is 6.99. The van der Waals surface area contributed by atoms with Crippen molar-refractivity contribution in [2.24, 2.45) is 0 Å². The second kappa shape index (κ2) is 14.0. The number of carbonyl (C=O) groups excluding carboxylic acids is 1. The van der Waals surface area contributed by atoms with Crippen LogP contribution in [0, 0.1) is 0 Å². The zero-order valence-corrected chi connectivity index (χ0v) is 26.2. The Morgan fingerprint density at radius 2 is 1.75 bits per heavy atom. The molecule has 3 aromatic carbocycles. The molecule has 0 aromatic heterocycles. The molecule has 11 heteroatoms. The first-order valence-electron chi connectivity index (χ1n) is 13.2. The van der Waals surface area contributed by atoms with Gasteiger partial charge in [0.25, 0.3) is 5.91 Å². The number of hydrogen-bond acceptors (Lipinski definition) is 6. The van der Waals surface area contributed by atoms with E-state index in [2.05, 4.69) is 47.8 Å². The number of halogens is 2. The van der Waals surface area contributed by atoms with Gasteiger partial charge in [-0.05, 0) is 67.3 Å². The van der Waals surface area contributed by atoms with Gasteiger partial charge in [0.15, 0.2) is 0 Å². The Hall–Kier alpha value is -2.44. The van der Waals surface area contributed by atoms with Gasteiger partial charge in [0, 0.05) is 46.4 Å². The van der Waals surface area contributed by atoms with Gasteiger partial charge in [0.2, 0.25) is 10.0 Å². The highest BCUT2D eigenvalue weighted by Crippen LogP contribution is 2.28. The van der Waals surface area contributed by atoms with Crippen molar-refractivity contribution in [2.45, 2.75) is 38.5 Å². The van der Waals surface area contributed by atoms with Crippen molar-refractivity contribution in [1.82, 2.24) is 10.6 Å². The molecule has 3 aromatic rings. The number of benzene rings is 3. The molecule has 4 N–H and O–H groups in total. The fourth-order valence-corrected chi connectivity index (χ4v) is 7.68. The van der Waals surface area contributed by atoms with E-state index in [0.717, 1.165) is 20.1 Å². The van der Waals surface area contributed by atoms with Gasteiger partial charge in [-0.15, -0.1) is 0 Å². The molecule has 0 bridgehead atoms. The van der Waals surface area contributed by atoms with Crippen LogP contribution in [-0.2, 0) is 23.0 Å².